The van der Waals surface area contributed by atoms with Crippen LogP contribution in [-0.2, 0) is 0 Å². The maximum Gasteiger partial charge on any atom is 0.150 e. The first-order valence-corrected chi connectivity index (χ1v) is 6.61. The molecule has 0 saturated carbocycles. The van der Waals surface area contributed by atoms with E-state index in [4.69, 9.17) is 4.74 Å². The second kappa shape index (κ2) is 4.08. The normalized spacial score (nSPS) is 18.1. The standard InChI is InChI=1S/C14H15NOS/c1-9-3-5-11-12(7-9)16-13(8-15-11)14-6-4-10(2)17-14/h3-7,13,15H,8H2,1-2H3. The fraction of sp³-hybridized carbons (Fsp3) is 0.286. The molecule has 1 aromatic heterocycles. The minimum atomic E-state index is 0.142. The molecular formula is C14H15NOS. The van der Waals surface area contributed by atoms with Gasteiger partial charge in [-0.25, -0.2) is 0 Å². The van der Waals surface area contributed by atoms with Gasteiger partial charge in [0, 0.05) is 9.75 Å². The molecule has 1 unspecified atom stereocenters. The molecule has 1 N–H and O–H groups in total. The monoisotopic (exact) mass is 245 g/mol. The van der Waals surface area contributed by atoms with Gasteiger partial charge in [-0.2, -0.15) is 0 Å². The Hall–Kier alpha value is -1.48. The number of thiophene rings is 1. The van der Waals surface area contributed by atoms with Crippen LogP contribution in [0.1, 0.15) is 21.4 Å². The summed E-state index contributed by atoms with van der Waals surface area (Å²) >= 11 is 1.81. The van der Waals surface area contributed by atoms with Gasteiger partial charge in [0.05, 0.1) is 12.2 Å². The molecule has 2 heterocycles. The van der Waals surface area contributed by atoms with Gasteiger partial charge in [-0.1, -0.05) is 6.07 Å². The fourth-order valence-corrected chi connectivity index (χ4v) is 2.96. The molecule has 1 aromatic carbocycles. The van der Waals surface area contributed by atoms with Crippen molar-refractivity contribution in [1.29, 1.82) is 0 Å². The number of anilines is 1. The number of hydrogen-bond acceptors (Lipinski definition) is 3. The minimum absolute atomic E-state index is 0.142. The molecule has 0 aliphatic carbocycles. The molecular weight excluding hydrogens is 230 g/mol. The van der Waals surface area contributed by atoms with Crippen molar-refractivity contribution in [3.8, 4) is 5.75 Å². The lowest BCUT2D eigenvalue weighted by Crippen LogP contribution is -2.22. The Kier molecular flexibility index (Phi) is 2.56. The average Bonchev–Trinajstić information content (AvgIpc) is 2.75. The van der Waals surface area contributed by atoms with Crippen molar-refractivity contribution in [2.24, 2.45) is 0 Å². The number of benzene rings is 1. The molecule has 3 heteroatoms. The number of nitrogens with one attached hydrogen (secondary N) is 1. The van der Waals surface area contributed by atoms with Gasteiger partial charge in [0.2, 0.25) is 0 Å². The molecule has 0 saturated heterocycles. The molecule has 17 heavy (non-hydrogen) atoms. The van der Waals surface area contributed by atoms with E-state index in [1.54, 1.807) is 0 Å². The summed E-state index contributed by atoms with van der Waals surface area (Å²) in [6.45, 7) is 5.06. The Morgan fingerprint density at radius 3 is 2.88 bits per heavy atom. The van der Waals surface area contributed by atoms with Crippen molar-refractivity contribution in [3.63, 3.8) is 0 Å². The Bertz CT molecular complexity index is 547. The summed E-state index contributed by atoms with van der Waals surface area (Å²) in [5.41, 5.74) is 2.33. The molecule has 3 rings (SSSR count). The highest BCUT2D eigenvalue weighted by Gasteiger charge is 2.21. The van der Waals surface area contributed by atoms with Crippen molar-refractivity contribution in [2.45, 2.75) is 20.0 Å². The Balaban J connectivity index is 1.89. The maximum atomic E-state index is 6.06. The van der Waals surface area contributed by atoms with Gasteiger partial charge >= 0.3 is 0 Å². The quantitative estimate of drug-likeness (QED) is 0.822. The molecule has 1 atom stereocenters. The molecule has 0 bridgehead atoms. The van der Waals surface area contributed by atoms with E-state index >= 15 is 0 Å². The largest absolute Gasteiger partial charge is 0.481 e. The van der Waals surface area contributed by atoms with Crippen LogP contribution < -0.4 is 10.1 Å². The Morgan fingerprint density at radius 1 is 1.24 bits per heavy atom. The van der Waals surface area contributed by atoms with Crippen molar-refractivity contribution in [3.05, 3.63) is 45.6 Å². The van der Waals surface area contributed by atoms with Gasteiger partial charge in [-0.3, -0.25) is 0 Å². The number of aryl methyl sites for hydroxylation is 2. The lowest BCUT2D eigenvalue weighted by Gasteiger charge is -2.27. The molecule has 88 valence electrons. The van der Waals surface area contributed by atoms with Gasteiger partial charge in [0.1, 0.15) is 5.75 Å². The van der Waals surface area contributed by atoms with E-state index in [0.717, 1.165) is 18.0 Å². The van der Waals surface area contributed by atoms with E-state index in [0.29, 0.717) is 0 Å². The molecule has 2 nitrogen and oxygen atoms in total. The SMILES string of the molecule is Cc1ccc2c(c1)OC(c1ccc(C)s1)CN2. The van der Waals surface area contributed by atoms with Gasteiger partial charge < -0.3 is 10.1 Å². The number of fused-ring (bicyclic) bond motifs is 1. The second-order valence-electron chi connectivity index (χ2n) is 4.44. The van der Waals surface area contributed by atoms with Crippen LogP contribution in [0.2, 0.25) is 0 Å². The Labute approximate surface area is 105 Å². The van der Waals surface area contributed by atoms with Crippen LogP contribution in [0.4, 0.5) is 5.69 Å². The predicted octanol–water partition coefficient (Wildman–Crippen LogP) is 3.91. The van der Waals surface area contributed by atoms with Crippen LogP contribution in [0, 0.1) is 13.8 Å². The third-order valence-electron chi connectivity index (χ3n) is 2.96. The first-order chi connectivity index (χ1) is 8.22. The van der Waals surface area contributed by atoms with Crippen LogP contribution in [-0.4, -0.2) is 6.54 Å². The number of ether oxygens (including phenoxy) is 1. The van der Waals surface area contributed by atoms with Crippen molar-refractivity contribution < 1.29 is 4.74 Å². The number of hydrogen-bond donors (Lipinski definition) is 1. The first kappa shape index (κ1) is 10.7. The zero-order chi connectivity index (χ0) is 11.8. The summed E-state index contributed by atoms with van der Waals surface area (Å²) in [4.78, 5) is 2.63. The molecule has 2 aromatic rings. The van der Waals surface area contributed by atoms with Crippen molar-refractivity contribution >= 4 is 17.0 Å². The van der Waals surface area contributed by atoms with Crippen LogP contribution in [0.5, 0.6) is 5.75 Å². The average molecular weight is 245 g/mol. The summed E-state index contributed by atoms with van der Waals surface area (Å²) < 4.78 is 6.06. The highest BCUT2D eigenvalue weighted by atomic mass is 32.1. The van der Waals surface area contributed by atoms with E-state index in [1.165, 1.54) is 15.3 Å². The topological polar surface area (TPSA) is 21.3 Å². The smallest absolute Gasteiger partial charge is 0.150 e. The van der Waals surface area contributed by atoms with E-state index < -0.39 is 0 Å². The first-order valence-electron chi connectivity index (χ1n) is 5.80. The second-order valence-corrected chi connectivity index (χ2v) is 5.75. The Morgan fingerprint density at radius 2 is 2.12 bits per heavy atom. The van der Waals surface area contributed by atoms with E-state index in [1.807, 2.05) is 11.3 Å². The van der Waals surface area contributed by atoms with Gasteiger partial charge in [0.15, 0.2) is 6.10 Å². The van der Waals surface area contributed by atoms with Crippen LogP contribution in [0.25, 0.3) is 0 Å². The summed E-state index contributed by atoms with van der Waals surface area (Å²) in [5, 5.41) is 3.43. The number of rotatable bonds is 1. The molecule has 1 aliphatic heterocycles. The summed E-state index contributed by atoms with van der Waals surface area (Å²) in [5.74, 6) is 0.965. The van der Waals surface area contributed by atoms with Gasteiger partial charge in [0.25, 0.3) is 0 Å². The zero-order valence-electron chi connectivity index (χ0n) is 9.99. The van der Waals surface area contributed by atoms with Crippen LogP contribution in [0.15, 0.2) is 30.3 Å². The van der Waals surface area contributed by atoms with Gasteiger partial charge in [-0.05, 0) is 43.7 Å². The zero-order valence-corrected chi connectivity index (χ0v) is 10.8. The maximum absolute atomic E-state index is 6.06. The fourth-order valence-electron chi connectivity index (χ4n) is 2.06. The van der Waals surface area contributed by atoms with E-state index in [-0.39, 0.29) is 6.10 Å². The highest BCUT2D eigenvalue weighted by Crippen LogP contribution is 2.36. The molecule has 0 radical (unpaired) electrons. The van der Waals surface area contributed by atoms with E-state index in [9.17, 15) is 0 Å². The van der Waals surface area contributed by atoms with E-state index in [2.05, 4.69) is 49.5 Å². The minimum Gasteiger partial charge on any atom is -0.481 e. The van der Waals surface area contributed by atoms with Crippen molar-refractivity contribution in [2.75, 3.05) is 11.9 Å². The molecule has 0 fully saturated rings. The predicted molar refractivity (Wildman–Crippen MR) is 72.1 cm³/mol. The summed E-state index contributed by atoms with van der Waals surface area (Å²) in [6.07, 6.45) is 0.142. The summed E-state index contributed by atoms with van der Waals surface area (Å²) in [7, 11) is 0. The third-order valence-corrected chi connectivity index (χ3v) is 4.06. The van der Waals surface area contributed by atoms with Crippen molar-refractivity contribution in [1.82, 2.24) is 0 Å². The lowest BCUT2D eigenvalue weighted by atomic mass is 10.1. The third kappa shape index (κ3) is 2.03. The highest BCUT2D eigenvalue weighted by molar-refractivity contribution is 7.12. The molecule has 1 aliphatic rings. The summed E-state index contributed by atoms with van der Waals surface area (Å²) in [6, 6.07) is 10.6. The molecule has 0 amide bonds. The van der Waals surface area contributed by atoms with Gasteiger partial charge in [-0.15, -0.1) is 11.3 Å². The lowest BCUT2D eigenvalue weighted by molar-refractivity contribution is 0.214. The molecule has 0 spiro atoms. The van der Waals surface area contributed by atoms with Crippen LogP contribution >= 0.6 is 11.3 Å². The van der Waals surface area contributed by atoms with Crippen LogP contribution in [0.3, 0.4) is 0 Å².